The molecule has 0 radical (unpaired) electrons. The van der Waals surface area contributed by atoms with Gasteiger partial charge in [0.2, 0.25) is 0 Å². The molecule has 8 rings (SSSR count). The number of imide groups is 2. The van der Waals surface area contributed by atoms with Gasteiger partial charge < -0.3 is 10.6 Å². The third kappa shape index (κ3) is 5.32. The maximum Gasteiger partial charge on any atom is 0.261 e. The second-order valence-corrected chi connectivity index (χ2v) is 11.9. The predicted molar refractivity (Wildman–Crippen MR) is 179 cm³/mol. The van der Waals surface area contributed by atoms with Crippen molar-refractivity contribution in [2.75, 3.05) is 39.3 Å². The van der Waals surface area contributed by atoms with E-state index in [9.17, 15) is 19.2 Å². The first-order valence-corrected chi connectivity index (χ1v) is 16.0. The zero-order valence-corrected chi connectivity index (χ0v) is 26.2. The van der Waals surface area contributed by atoms with E-state index in [0.717, 1.165) is 17.2 Å². The van der Waals surface area contributed by atoms with Crippen LogP contribution in [0.15, 0.2) is 86.0 Å². The molecule has 14 heteroatoms. The lowest BCUT2D eigenvalue weighted by molar-refractivity contribution is 0.0597. The van der Waals surface area contributed by atoms with Gasteiger partial charge in [-0.1, -0.05) is 24.3 Å². The zero-order valence-electron chi connectivity index (χ0n) is 26.2. The quantitative estimate of drug-likeness (QED) is 0.148. The molecule has 2 aromatic heterocycles. The van der Waals surface area contributed by atoms with E-state index in [2.05, 4.69) is 30.8 Å². The zero-order chi connectivity index (χ0) is 33.5. The summed E-state index contributed by atoms with van der Waals surface area (Å²) in [5.41, 5.74) is 3.32. The second kappa shape index (κ2) is 12.5. The summed E-state index contributed by atoms with van der Waals surface area (Å²) >= 11 is 0. The first-order valence-electron chi connectivity index (χ1n) is 16.0. The van der Waals surface area contributed by atoms with Gasteiger partial charge in [0, 0.05) is 48.1 Å². The van der Waals surface area contributed by atoms with E-state index in [1.54, 1.807) is 46.3 Å². The van der Waals surface area contributed by atoms with Crippen molar-refractivity contribution in [1.82, 2.24) is 50.0 Å². The number of hydrogen-bond donors (Lipinski definition) is 2. The van der Waals surface area contributed by atoms with E-state index in [1.807, 2.05) is 36.4 Å². The van der Waals surface area contributed by atoms with Crippen molar-refractivity contribution in [3.8, 4) is 11.4 Å². The molecule has 244 valence electrons. The van der Waals surface area contributed by atoms with Crippen LogP contribution in [0.2, 0.25) is 0 Å². The van der Waals surface area contributed by atoms with Crippen molar-refractivity contribution in [2.45, 2.75) is 6.42 Å². The number of carbonyl (C=O) groups is 4. The molecule has 0 unspecified atom stereocenters. The Morgan fingerprint density at radius 1 is 0.531 bits per heavy atom. The van der Waals surface area contributed by atoms with Crippen molar-refractivity contribution in [3.63, 3.8) is 0 Å². The molecule has 14 nitrogen and oxygen atoms in total. The van der Waals surface area contributed by atoms with E-state index in [0.29, 0.717) is 70.6 Å². The summed E-state index contributed by atoms with van der Waals surface area (Å²) in [5.74, 6) is -1.30. The average molecular weight is 655 g/mol. The lowest BCUT2D eigenvalue weighted by Crippen LogP contribution is -2.44. The number of amides is 4. The van der Waals surface area contributed by atoms with Crippen LogP contribution in [0.25, 0.3) is 32.9 Å². The molecule has 4 aromatic carbocycles. The number of nitrogens with one attached hydrogen (secondary N) is 2. The largest absolute Gasteiger partial charge is 0.315 e. The Bertz CT molecular complexity index is 2110. The predicted octanol–water partition coefficient (Wildman–Crippen LogP) is 2.62. The molecular weight excluding hydrogens is 624 g/mol. The summed E-state index contributed by atoms with van der Waals surface area (Å²) in [4.78, 5) is 64.2. The van der Waals surface area contributed by atoms with Gasteiger partial charge in [0.25, 0.3) is 23.6 Å². The normalized spacial score (nSPS) is 14.1. The number of benzene rings is 4. The number of carbonyl (C=O) groups excluding carboxylic acids is 4. The minimum atomic E-state index is -0.339. The monoisotopic (exact) mass is 654 g/mol. The smallest absolute Gasteiger partial charge is 0.261 e. The van der Waals surface area contributed by atoms with Crippen LogP contribution >= 0.6 is 0 Å². The highest BCUT2D eigenvalue weighted by molar-refractivity contribution is 6.26. The van der Waals surface area contributed by atoms with Crippen LogP contribution in [0.1, 0.15) is 47.9 Å². The molecule has 2 N–H and O–H groups in total. The highest BCUT2D eigenvalue weighted by Gasteiger charge is 2.34. The molecule has 2 aliphatic rings. The summed E-state index contributed by atoms with van der Waals surface area (Å²) in [6.45, 7) is 2.61. The average Bonchev–Trinajstić information content (AvgIpc) is 3.87. The molecule has 4 heterocycles. The number of nitrogens with zero attached hydrogens (tertiary/aromatic N) is 8. The highest BCUT2D eigenvalue weighted by Crippen LogP contribution is 2.33. The maximum atomic E-state index is 13.5. The van der Waals surface area contributed by atoms with Gasteiger partial charge >= 0.3 is 0 Å². The minimum absolute atomic E-state index is 0.223. The van der Waals surface area contributed by atoms with Gasteiger partial charge in [0.15, 0.2) is 0 Å². The molecule has 49 heavy (non-hydrogen) atoms. The Balaban J connectivity index is 0.829. The van der Waals surface area contributed by atoms with Gasteiger partial charge in [-0.2, -0.15) is 10.2 Å². The van der Waals surface area contributed by atoms with Crippen LogP contribution in [-0.2, 0) is 0 Å². The molecule has 0 fully saturated rings. The molecule has 0 aliphatic carbocycles. The molecule has 0 atom stereocenters. The topological polar surface area (TPSA) is 160 Å². The van der Waals surface area contributed by atoms with Gasteiger partial charge in [0.05, 0.1) is 22.5 Å². The molecule has 0 saturated heterocycles. The van der Waals surface area contributed by atoms with E-state index in [1.165, 1.54) is 22.5 Å². The van der Waals surface area contributed by atoms with Crippen LogP contribution in [0.3, 0.4) is 0 Å². The lowest BCUT2D eigenvalue weighted by atomic mass is 9.93. The fourth-order valence-electron chi connectivity index (χ4n) is 6.61. The van der Waals surface area contributed by atoms with E-state index in [-0.39, 0.29) is 36.7 Å². The first kappa shape index (κ1) is 30.2. The van der Waals surface area contributed by atoms with Gasteiger partial charge in [0.1, 0.15) is 25.3 Å². The van der Waals surface area contributed by atoms with Gasteiger partial charge in [-0.05, 0) is 66.7 Å². The van der Waals surface area contributed by atoms with Crippen molar-refractivity contribution < 1.29 is 19.2 Å². The van der Waals surface area contributed by atoms with Crippen molar-refractivity contribution >= 4 is 45.2 Å². The first-order chi connectivity index (χ1) is 24.0. The summed E-state index contributed by atoms with van der Waals surface area (Å²) < 4.78 is 3.18. The van der Waals surface area contributed by atoms with E-state index < -0.39 is 0 Å². The van der Waals surface area contributed by atoms with Crippen molar-refractivity contribution in [3.05, 3.63) is 108 Å². The molecule has 0 spiro atoms. The minimum Gasteiger partial charge on any atom is -0.315 e. The fourth-order valence-corrected chi connectivity index (χ4v) is 6.61. The highest BCUT2D eigenvalue weighted by atomic mass is 16.2. The summed E-state index contributed by atoms with van der Waals surface area (Å²) in [5, 5.41) is 17.9. The van der Waals surface area contributed by atoms with Crippen LogP contribution in [0.4, 0.5) is 0 Å². The Labute approximate surface area is 279 Å². The standard InChI is InChI=1S/C35H30N10O4/c46-32-26-6-1-4-22-14-24(44-20-38-18-40-44)16-28(30(22)26)34(48)42(32)12-10-36-8-3-9-37-11-13-43-33(47)27-7-2-5-23-15-25(45-21-39-19-41-45)17-29(31(23)27)35(43)49/h1-2,4-7,14-21,36-37H,3,8-13H2. The Hall–Kier alpha value is -6.12. The molecule has 0 bridgehead atoms. The summed E-state index contributed by atoms with van der Waals surface area (Å²) in [7, 11) is 0. The van der Waals surface area contributed by atoms with Crippen LogP contribution < -0.4 is 10.6 Å². The lowest BCUT2D eigenvalue weighted by Gasteiger charge is -2.28. The van der Waals surface area contributed by atoms with Crippen LogP contribution in [0, 0.1) is 0 Å². The molecule has 0 saturated carbocycles. The van der Waals surface area contributed by atoms with Crippen molar-refractivity contribution in [2.24, 2.45) is 0 Å². The van der Waals surface area contributed by atoms with Crippen LogP contribution in [-0.4, -0.2) is 102 Å². The molecule has 4 amide bonds. The van der Waals surface area contributed by atoms with Gasteiger partial charge in [-0.3, -0.25) is 29.0 Å². The summed E-state index contributed by atoms with van der Waals surface area (Å²) in [6.07, 6.45) is 6.75. The SMILES string of the molecule is O=C1c2cccc3cc(-n4cncn4)cc(c23)C(=O)N1CCNCCCNCCN1C(=O)c2cccc3cc(-n4cncn4)cc(c23)C1=O. The van der Waals surface area contributed by atoms with Crippen LogP contribution in [0.5, 0.6) is 0 Å². The maximum absolute atomic E-state index is 13.5. The summed E-state index contributed by atoms with van der Waals surface area (Å²) in [6, 6.07) is 18.2. The van der Waals surface area contributed by atoms with E-state index >= 15 is 0 Å². The molecule has 2 aliphatic heterocycles. The molecular formula is C35H30N10O4. The molecule has 6 aromatic rings. The fraction of sp³-hybridized carbons (Fsp3) is 0.200. The van der Waals surface area contributed by atoms with Gasteiger partial charge in [-0.15, -0.1) is 0 Å². The Morgan fingerprint density at radius 3 is 1.41 bits per heavy atom. The van der Waals surface area contributed by atoms with Crippen molar-refractivity contribution in [1.29, 1.82) is 0 Å². The Morgan fingerprint density at radius 2 is 0.980 bits per heavy atom. The van der Waals surface area contributed by atoms with E-state index in [4.69, 9.17) is 0 Å². The second-order valence-electron chi connectivity index (χ2n) is 11.9. The Kier molecular flexibility index (Phi) is 7.70. The number of aromatic nitrogens is 6. The third-order valence-corrected chi connectivity index (χ3v) is 8.92. The number of hydrogen-bond acceptors (Lipinski definition) is 10. The third-order valence-electron chi connectivity index (χ3n) is 8.92. The number of rotatable bonds is 12. The van der Waals surface area contributed by atoms with Gasteiger partial charge in [-0.25, -0.2) is 19.3 Å².